The Kier molecular flexibility index (Phi) is 7.83. The van der Waals surface area contributed by atoms with E-state index in [1.54, 1.807) is 38.2 Å². The Bertz CT molecular complexity index is 1040. The van der Waals surface area contributed by atoms with Crippen molar-refractivity contribution in [2.45, 2.75) is 36.8 Å². The highest BCUT2D eigenvalue weighted by molar-refractivity contribution is 7.89. The van der Waals surface area contributed by atoms with Gasteiger partial charge in [0.1, 0.15) is 10.7 Å². The Labute approximate surface area is 194 Å². The molecule has 1 aliphatic heterocycles. The first-order valence-electron chi connectivity index (χ1n) is 10.1. The van der Waals surface area contributed by atoms with Crippen molar-refractivity contribution < 1.29 is 13.5 Å². The molecule has 2 atom stereocenters. The molecule has 0 aliphatic carbocycles. The van der Waals surface area contributed by atoms with Gasteiger partial charge in [-0.05, 0) is 62.7 Å². The molecule has 1 aliphatic rings. The van der Waals surface area contributed by atoms with Gasteiger partial charge in [-0.3, -0.25) is 0 Å². The molecule has 2 aromatic rings. The quantitative estimate of drug-likeness (QED) is 0.593. The lowest BCUT2D eigenvalue weighted by Crippen LogP contribution is -2.39. The van der Waals surface area contributed by atoms with E-state index >= 15 is 0 Å². The van der Waals surface area contributed by atoms with Crippen LogP contribution in [0.15, 0.2) is 35.4 Å². The highest BCUT2D eigenvalue weighted by atomic mass is 35.5. The highest BCUT2D eigenvalue weighted by Crippen LogP contribution is 2.26. The molecule has 1 aromatic carbocycles. The molecule has 170 valence electrons. The van der Waals surface area contributed by atoms with E-state index in [9.17, 15) is 13.5 Å². The third kappa shape index (κ3) is 5.69. The van der Waals surface area contributed by atoms with Gasteiger partial charge in [-0.15, -0.1) is 0 Å². The average Bonchev–Trinajstić information content (AvgIpc) is 3.12. The summed E-state index contributed by atoms with van der Waals surface area (Å²) < 4.78 is 27.5. The first-order valence-corrected chi connectivity index (χ1v) is 12.3. The fourth-order valence-electron chi connectivity index (χ4n) is 3.72. The molecule has 1 unspecified atom stereocenters. The van der Waals surface area contributed by atoms with Crippen LogP contribution in [0.2, 0.25) is 10.0 Å². The van der Waals surface area contributed by atoms with Gasteiger partial charge in [0.15, 0.2) is 0 Å². The number of hydrogen-bond acceptors (Lipinski definition) is 6. The van der Waals surface area contributed by atoms with Gasteiger partial charge in [0.05, 0.1) is 16.1 Å². The smallest absolute Gasteiger partial charge is 0.244 e. The zero-order chi connectivity index (χ0) is 22.8. The molecule has 0 saturated carbocycles. The summed E-state index contributed by atoms with van der Waals surface area (Å²) in [4.78, 5) is 6.63. The number of pyridine rings is 1. The van der Waals surface area contributed by atoms with Crippen LogP contribution in [0.5, 0.6) is 0 Å². The van der Waals surface area contributed by atoms with Crippen LogP contribution in [0.3, 0.4) is 0 Å². The molecule has 1 saturated heterocycles. The SMILES string of the molecule is Cc1cc(NCC(O)c2ccc(Cl)c(Cl)c2)ncc1S(=O)(=O)N(C)C[C@H]1CCCN1C. The van der Waals surface area contributed by atoms with Gasteiger partial charge >= 0.3 is 0 Å². The molecule has 31 heavy (non-hydrogen) atoms. The van der Waals surface area contributed by atoms with Crippen LogP contribution in [0, 0.1) is 6.92 Å². The van der Waals surface area contributed by atoms with Crippen LogP contribution in [-0.4, -0.2) is 67.5 Å². The minimum absolute atomic E-state index is 0.185. The third-order valence-electron chi connectivity index (χ3n) is 5.70. The summed E-state index contributed by atoms with van der Waals surface area (Å²) in [5, 5.41) is 14.2. The summed E-state index contributed by atoms with van der Waals surface area (Å²) in [5.74, 6) is 0.480. The summed E-state index contributed by atoms with van der Waals surface area (Å²) in [6.07, 6.45) is 2.63. The van der Waals surface area contributed by atoms with Crippen molar-refractivity contribution in [1.29, 1.82) is 0 Å². The third-order valence-corrected chi connectivity index (χ3v) is 8.39. The zero-order valence-electron chi connectivity index (χ0n) is 17.8. The van der Waals surface area contributed by atoms with E-state index in [1.165, 1.54) is 10.5 Å². The topological polar surface area (TPSA) is 85.8 Å². The van der Waals surface area contributed by atoms with Crippen LogP contribution < -0.4 is 5.32 Å². The lowest BCUT2D eigenvalue weighted by Gasteiger charge is -2.26. The molecule has 2 N–H and O–H groups in total. The number of halogens is 2. The zero-order valence-corrected chi connectivity index (χ0v) is 20.2. The van der Waals surface area contributed by atoms with Crippen LogP contribution in [0.4, 0.5) is 5.82 Å². The molecule has 0 bridgehead atoms. The average molecular weight is 487 g/mol. The molecule has 2 heterocycles. The number of rotatable bonds is 8. The second-order valence-corrected chi connectivity index (χ2v) is 10.8. The maximum Gasteiger partial charge on any atom is 0.244 e. The normalized spacial score (nSPS) is 18.5. The summed E-state index contributed by atoms with van der Waals surface area (Å²) in [6, 6.07) is 6.85. The predicted molar refractivity (Wildman–Crippen MR) is 124 cm³/mol. The van der Waals surface area contributed by atoms with E-state index < -0.39 is 16.1 Å². The Morgan fingerprint density at radius 3 is 2.68 bits per heavy atom. The molecular weight excluding hydrogens is 459 g/mol. The van der Waals surface area contributed by atoms with Crippen molar-refractivity contribution in [1.82, 2.24) is 14.2 Å². The van der Waals surface area contributed by atoms with Crippen molar-refractivity contribution in [2.24, 2.45) is 0 Å². The van der Waals surface area contributed by atoms with Crippen molar-refractivity contribution in [3.8, 4) is 0 Å². The van der Waals surface area contributed by atoms with Crippen LogP contribution in [0.1, 0.15) is 30.1 Å². The predicted octanol–water partition coefficient (Wildman–Crippen LogP) is 3.56. The van der Waals surface area contributed by atoms with Crippen molar-refractivity contribution in [3.05, 3.63) is 51.6 Å². The Morgan fingerprint density at radius 1 is 1.32 bits per heavy atom. The van der Waals surface area contributed by atoms with Gasteiger partial charge in [0.2, 0.25) is 10.0 Å². The molecule has 10 heteroatoms. The molecule has 7 nitrogen and oxygen atoms in total. The number of aryl methyl sites for hydroxylation is 1. The standard InChI is InChI=1S/C21H28Cl2N4O3S/c1-14-9-21(24-11-19(28)15-6-7-17(22)18(23)10-15)25-12-20(14)31(29,30)27(3)13-16-5-4-8-26(16)2/h6-7,9-10,12,16,19,28H,4-5,8,11,13H2,1-3H3,(H,24,25)/t16-,19?/m1/s1. The minimum atomic E-state index is -3.64. The van der Waals surface area contributed by atoms with Crippen molar-refractivity contribution >= 4 is 39.0 Å². The van der Waals surface area contributed by atoms with Gasteiger partial charge in [-0.25, -0.2) is 13.4 Å². The van der Waals surface area contributed by atoms with Gasteiger partial charge in [-0.2, -0.15) is 4.31 Å². The maximum atomic E-state index is 13.1. The second kappa shape index (κ2) is 10.0. The maximum absolute atomic E-state index is 13.1. The molecule has 0 amide bonds. The number of aliphatic hydroxyl groups is 1. The van der Waals surface area contributed by atoms with Crippen LogP contribution in [0.25, 0.3) is 0 Å². The second-order valence-electron chi connectivity index (χ2n) is 7.97. The van der Waals surface area contributed by atoms with E-state index in [0.29, 0.717) is 33.5 Å². The number of anilines is 1. The summed E-state index contributed by atoms with van der Waals surface area (Å²) >= 11 is 11.9. The summed E-state index contributed by atoms with van der Waals surface area (Å²) in [7, 11) is -0.00317. The number of benzene rings is 1. The fourth-order valence-corrected chi connectivity index (χ4v) is 5.38. The van der Waals surface area contributed by atoms with E-state index in [2.05, 4.69) is 15.2 Å². The van der Waals surface area contributed by atoms with Crippen LogP contribution >= 0.6 is 23.2 Å². The molecule has 1 fully saturated rings. The Hall–Kier alpha value is -1.42. The Balaban J connectivity index is 1.66. The number of likely N-dealkylation sites (N-methyl/N-ethyl adjacent to an activating group) is 2. The number of hydrogen-bond donors (Lipinski definition) is 2. The largest absolute Gasteiger partial charge is 0.387 e. The van der Waals surface area contributed by atoms with E-state index in [0.717, 1.165) is 19.4 Å². The Morgan fingerprint density at radius 2 is 2.06 bits per heavy atom. The number of sulfonamides is 1. The van der Waals surface area contributed by atoms with Gasteiger partial charge < -0.3 is 15.3 Å². The molecule has 3 rings (SSSR count). The highest BCUT2D eigenvalue weighted by Gasteiger charge is 2.29. The van der Waals surface area contributed by atoms with Crippen molar-refractivity contribution in [2.75, 3.05) is 39.0 Å². The number of aromatic nitrogens is 1. The number of aliphatic hydroxyl groups excluding tert-OH is 1. The van der Waals surface area contributed by atoms with E-state index in [4.69, 9.17) is 23.2 Å². The first kappa shape index (κ1) is 24.2. The van der Waals surface area contributed by atoms with Gasteiger partial charge in [-0.1, -0.05) is 29.3 Å². The van der Waals surface area contributed by atoms with Gasteiger partial charge in [0, 0.05) is 32.4 Å². The van der Waals surface area contributed by atoms with Crippen LogP contribution in [-0.2, 0) is 10.0 Å². The molecule has 0 radical (unpaired) electrons. The first-order chi connectivity index (χ1) is 14.6. The molecular formula is C21H28Cl2N4O3S. The number of nitrogens with one attached hydrogen (secondary N) is 1. The fraction of sp³-hybridized carbons (Fsp3) is 0.476. The van der Waals surface area contributed by atoms with E-state index in [1.807, 2.05) is 7.05 Å². The number of likely N-dealkylation sites (tertiary alicyclic amines) is 1. The lowest BCUT2D eigenvalue weighted by atomic mass is 10.1. The molecule has 0 spiro atoms. The minimum Gasteiger partial charge on any atom is -0.387 e. The summed E-state index contributed by atoms with van der Waals surface area (Å²) in [5.41, 5.74) is 1.21. The lowest BCUT2D eigenvalue weighted by molar-refractivity contribution is 0.191. The van der Waals surface area contributed by atoms with E-state index in [-0.39, 0.29) is 17.5 Å². The number of nitrogens with zero attached hydrogens (tertiary/aromatic N) is 3. The molecule has 1 aromatic heterocycles. The monoisotopic (exact) mass is 486 g/mol. The summed E-state index contributed by atoms with van der Waals surface area (Å²) in [6.45, 7) is 3.37. The van der Waals surface area contributed by atoms with Gasteiger partial charge in [0.25, 0.3) is 0 Å². The van der Waals surface area contributed by atoms with Crippen molar-refractivity contribution in [3.63, 3.8) is 0 Å².